The standard InChI is InChI=1S/C18H27N5O2/c1-3-4-7-15(24)23-11-8-14-13(12-23)16(21-18(19-2)20-14)17(25)22-9-5-6-10-22/h3-12H2,1-2H3,(H,19,20,21). The molecule has 3 rings (SSSR count). The maximum absolute atomic E-state index is 12.9. The van der Waals surface area contributed by atoms with Gasteiger partial charge in [-0.1, -0.05) is 13.3 Å². The number of unbranched alkanes of at least 4 members (excludes halogenated alkanes) is 1. The summed E-state index contributed by atoms with van der Waals surface area (Å²) in [6, 6.07) is 0. The van der Waals surface area contributed by atoms with Crippen LogP contribution in [0.4, 0.5) is 5.95 Å². The Morgan fingerprint density at radius 2 is 1.88 bits per heavy atom. The molecule has 7 nitrogen and oxygen atoms in total. The second-order valence-electron chi connectivity index (χ2n) is 6.74. The van der Waals surface area contributed by atoms with Crippen molar-refractivity contribution in [1.29, 1.82) is 0 Å². The molecule has 136 valence electrons. The molecular formula is C18H27N5O2. The summed E-state index contributed by atoms with van der Waals surface area (Å²) in [5.41, 5.74) is 2.18. The Kier molecular flexibility index (Phi) is 5.50. The van der Waals surface area contributed by atoms with Gasteiger partial charge in [0.2, 0.25) is 11.9 Å². The quantitative estimate of drug-likeness (QED) is 0.881. The maximum Gasteiger partial charge on any atom is 0.273 e. The highest BCUT2D eigenvalue weighted by Crippen LogP contribution is 2.24. The van der Waals surface area contributed by atoms with E-state index in [1.165, 1.54) is 0 Å². The van der Waals surface area contributed by atoms with Crippen LogP contribution in [-0.2, 0) is 17.8 Å². The van der Waals surface area contributed by atoms with Crippen LogP contribution in [-0.4, -0.2) is 58.3 Å². The van der Waals surface area contributed by atoms with Crippen molar-refractivity contribution < 1.29 is 9.59 Å². The topological polar surface area (TPSA) is 78.4 Å². The SMILES string of the molecule is CCCCC(=O)N1CCc2nc(NC)nc(C(=O)N3CCCC3)c2C1. The van der Waals surface area contributed by atoms with Gasteiger partial charge in [-0.05, 0) is 19.3 Å². The number of nitrogens with zero attached hydrogens (tertiary/aromatic N) is 4. The predicted octanol–water partition coefficient (Wildman–Crippen LogP) is 1.83. The summed E-state index contributed by atoms with van der Waals surface area (Å²) in [5, 5.41) is 2.95. The minimum Gasteiger partial charge on any atom is -0.357 e. The molecule has 0 radical (unpaired) electrons. The lowest BCUT2D eigenvalue weighted by Gasteiger charge is -2.30. The second kappa shape index (κ2) is 7.80. The summed E-state index contributed by atoms with van der Waals surface area (Å²) in [4.78, 5) is 38.0. The molecule has 2 aliphatic rings. The van der Waals surface area contributed by atoms with Crippen LogP contribution in [0.25, 0.3) is 0 Å². The highest BCUT2D eigenvalue weighted by Gasteiger charge is 2.30. The zero-order valence-electron chi connectivity index (χ0n) is 15.2. The summed E-state index contributed by atoms with van der Waals surface area (Å²) < 4.78 is 0. The van der Waals surface area contributed by atoms with Crippen LogP contribution in [0.1, 0.15) is 60.8 Å². The molecular weight excluding hydrogens is 318 g/mol. The summed E-state index contributed by atoms with van der Waals surface area (Å²) in [7, 11) is 1.76. The summed E-state index contributed by atoms with van der Waals surface area (Å²) in [6.45, 7) is 4.75. The number of fused-ring (bicyclic) bond motifs is 1. The molecule has 1 N–H and O–H groups in total. The van der Waals surface area contributed by atoms with Crippen molar-refractivity contribution in [3.05, 3.63) is 17.0 Å². The fraction of sp³-hybridized carbons (Fsp3) is 0.667. The Labute approximate surface area is 148 Å². The van der Waals surface area contributed by atoms with Crippen LogP contribution in [0.15, 0.2) is 0 Å². The van der Waals surface area contributed by atoms with Crippen LogP contribution < -0.4 is 5.32 Å². The highest BCUT2D eigenvalue weighted by molar-refractivity contribution is 5.94. The lowest BCUT2D eigenvalue weighted by molar-refractivity contribution is -0.132. The Bertz CT molecular complexity index is 655. The molecule has 3 heterocycles. The number of nitrogens with one attached hydrogen (secondary N) is 1. The predicted molar refractivity (Wildman–Crippen MR) is 95.4 cm³/mol. The van der Waals surface area contributed by atoms with E-state index in [1.54, 1.807) is 7.05 Å². The van der Waals surface area contributed by atoms with E-state index >= 15 is 0 Å². The molecule has 1 aromatic heterocycles. The molecule has 2 amide bonds. The third-order valence-electron chi connectivity index (χ3n) is 4.98. The lowest BCUT2D eigenvalue weighted by Crippen LogP contribution is -2.39. The first kappa shape index (κ1) is 17.6. The van der Waals surface area contributed by atoms with Gasteiger partial charge < -0.3 is 15.1 Å². The van der Waals surface area contributed by atoms with Gasteiger partial charge in [0.25, 0.3) is 5.91 Å². The van der Waals surface area contributed by atoms with E-state index < -0.39 is 0 Å². The van der Waals surface area contributed by atoms with Gasteiger partial charge in [-0.15, -0.1) is 0 Å². The van der Waals surface area contributed by atoms with Crippen LogP contribution in [0.5, 0.6) is 0 Å². The van der Waals surface area contributed by atoms with Crippen molar-refractivity contribution >= 4 is 17.8 Å². The van der Waals surface area contributed by atoms with Crippen molar-refractivity contribution in [3.63, 3.8) is 0 Å². The number of anilines is 1. The van der Waals surface area contributed by atoms with E-state index in [4.69, 9.17) is 0 Å². The molecule has 0 saturated carbocycles. The molecule has 1 saturated heterocycles. The summed E-state index contributed by atoms with van der Waals surface area (Å²) >= 11 is 0. The van der Waals surface area contributed by atoms with Crippen molar-refractivity contribution in [2.75, 3.05) is 32.0 Å². The highest BCUT2D eigenvalue weighted by atomic mass is 16.2. The largest absolute Gasteiger partial charge is 0.357 e. The first-order valence-corrected chi connectivity index (χ1v) is 9.28. The van der Waals surface area contributed by atoms with Gasteiger partial charge in [0.15, 0.2) is 0 Å². The van der Waals surface area contributed by atoms with Crippen molar-refractivity contribution in [3.8, 4) is 0 Å². The fourth-order valence-corrected chi connectivity index (χ4v) is 3.47. The van der Waals surface area contributed by atoms with Crippen LogP contribution in [0.2, 0.25) is 0 Å². The van der Waals surface area contributed by atoms with E-state index in [0.29, 0.717) is 37.6 Å². The second-order valence-corrected chi connectivity index (χ2v) is 6.74. The number of hydrogen-bond acceptors (Lipinski definition) is 5. The molecule has 0 atom stereocenters. The van der Waals surface area contributed by atoms with Crippen LogP contribution in [0.3, 0.4) is 0 Å². The minimum absolute atomic E-state index is 0.0319. The molecule has 7 heteroatoms. The molecule has 0 aliphatic carbocycles. The lowest BCUT2D eigenvalue weighted by atomic mass is 10.0. The Hall–Kier alpha value is -2.18. The van der Waals surface area contributed by atoms with Gasteiger partial charge in [0.1, 0.15) is 5.69 Å². The summed E-state index contributed by atoms with van der Waals surface area (Å²) in [6.07, 6.45) is 5.22. The molecule has 0 bridgehead atoms. The molecule has 1 fully saturated rings. The van der Waals surface area contributed by atoms with Gasteiger partial charge in [0, 0.05) is 51.6 Å². The van der Waals surface area contributed by atoms with Crippen molar-refractivity contribution in [2.24, 2.45) is 0 Å². The van der Waals surface area contributed by atoms with E-state index in [2.05, 4.69) is 22.2 Å². The van der Waals surface area contributed by atoms with E-state index in [9.17, 15) is 9.59 Å². The van der Waals surface area contributed by atoms with Crippen molar-refractivity contribution in [2.45, 2.75) is 52.0 Å². The number of carbonyl (C=O) groups excluding carboxylic acids is 2. The molecule has 0 aromatic carbocycles. The van der Waals surface area contributed by atoms with Crippen LogP contribution >= 0.6 is 0 Å². The molecule has 0 unspecified atom stereocenters. The number of rotatable bonds is 5. The molecule has 1 aromatic rings. The zero-order valence-corrected chi connectivity index (χ0v) is 15.2. The minimum atomic E-state index is -0.0319. The fourth-order valence-electron chi connectivity index (χ4n) is 3.47. The van der Waals surface area contributed by atoms with E-state index in [0.717, 1.165) is 50.0 Å². The smallest absolute Gasteiger partial charge is 0.273 e. The maximum atomic E-state index is 12.9. The molecule has 25 heavy (non-hydrogen) atoms. The van der Waals surface area contributed by atoms with E-state index in [1.807, 2.05) is 9.80 Å². The Balaban J connectivity index is 1.88. The number of aromatic nitrogens is 2. The Morgan fingerprint density at radius 3 is 2.56 bits per heavy atom. The van der Waals surface area contributed by atoms with Gasteiger partial charge in [0.05, 0.1) is 5.69 Å². The van der Waals surface area contributed by atoms with Gasteiger partial charge in [-0.2, -0.15) is 0 Å². The first-order valence-electron chi connectivity index (χ1n) is 9.28. The molecule has 0 spiro atoms. The molecule has 2 aliphatic heterocycles. The normalized spacial score (nSPS) is 16.7. The van der Waals surface area contributed by atoms with Crippen LogP contribution in [0, 0.1) is 0 Å². The van der Waals surface area contributed by atoms with Gasteiger partial charge >= 0.3 is 0 Å². The number of likely N-dealkylation sites (tertiary alicyclic amines) is 1. The monoisotopic (exact) mass is 345 g/mol. The number of hydrogen-bond donors (Lipinski definition) is 1. The zero-order chi connectivity index (χ0) is 17.8. The van der Waals surface area contributed by atoms with Gasteiger partial charge in [-0.3, -0.25) is 9.59 Å². The average molecular weight is 345 g/mol. The van der Waals surface area contributed by atoms with Crippen molar-refractivity contribution in [1.82, 2.24) is 19.8 Å². The third kappa shape index (κ3) is 3.75. The third-order valence-corrected chi connectivity index (χ3v) is 4.98. The van der Waals surface area contributed by atoms with Gasteiger partial charge in [-0.25, -0.2) is 9.97 Å². The Morgan fingerprint density at radius 1 is 1.12 bits per heavy atom. The number of amides is 2. The number of carbonyl (C=O) groups is 2. The first-order chi connectivity index (χ1) is 12.1. The van der Waals surface area contributed by atoms with E-state index in [-0.39, 0.29) is 11.8 Å². The summed E-state index contributed by atoms with van der Waals surface area (Å²) in [5.74, 6) is 0.604. The average Bonchev–Trinajstić information content (AvgIpc) is 3.18.